The Labute approximate surface area is 118 Å². The lowest BCUT2D eigenvalue weighted by Crippen LogP contribution is -2.28. The van der Waals surface area contributed by atoms with Crippen LogP contribution in [0.4, 0.5) is 0 Å². The molecule has 0 bridgehead atoms. The zero-order valence-corrected chi connectivity index (χ0v) is 10.8. The Morgan fingerprint density at radius 2 is 2.10 bits per heavy atom. The molecule has 2 rings (SSSR count). The smallest absolute Gasteiger partial charge is 0.349 e. The van der Waals surface area contributed by atoms with Gasteiger partial charge in [-0.2, -0.15) is 9.78 Å². The summed E-state index contributed by atoms with van der Waals surface area (Å²) in [5.41, 5.74) is -0.196. The van der Waals surface area contributed by atoms with Gasteiger partial charge in [-0.3, -0.25) is 19.5 Å². The first-order valence-corrected chi connectivity index (χ1v) is 5.94. The van der Waals surface area contributed by atoms with E-state index < -0.39 is 5.69 Å². The molecule has 0 aliphatic heterocycles. The van der Waals surface area contributed by atoms with E-state index >= 15 is 0 Å². The fraction of sp³-hybridized carbons (Fsp3) is 0.0769. The summed E-state index contributed by atoms with van der Waals surface area (Å²) < 4.78 is 0.804. The molecule has 2 aromatic rings. The summed E-state index contributed by atoms with van der Waals surface area (Å²) in [7, 11) is 0. The van der Waals surface area contributed by atoms with Crippen molar-refractivity contribution in [2.24, 2.45) is 5.10 Å². The molecule has 0 aliphatic carbocycles. The van der Waals surface area contributed by atoms with Crippen LogP contribution in [0.2, 0.25) is 0 Å². The number of Topliss-reactive ketones (excluding diaryl/α,β-unsaturated/α-hetero) is 1. The summed E-state index contributed by atoms with van der Waals surface area (Å²) in [6.45, 7) is -0.206. The average Bonchev–Trinajstić information content (AvgIpc) is 2.82. The fourth-order valence-corrected chi connectivity index (χ4v) is 1.57. The van der Waals surface area contributed by atoms with Crippen LogP contribution in [-0.4, -0.2) is 44.7 Å². The van der Waals surface area contributed by atoms with Crippen LogP contribution < -0.4 is 5.69 Å². The Bertz CT molecular complexity index is 717. The van der Waals surface area contributed by atoms with E-state index in [4.69, 9.17) is 5.11 Å². The number of aromatic hydroxyl groups is 1. The van der Waals surface area contributed by atoms with Gasteiger partial charge in [-0.05, 0) is 0 Å². The second-order valence-corrected chi connectivity index (χ2v) is 4.09. The molecule has 0 spiro atoms. The van der Waals surface area contributed by atoms with Crippen molar-refractivity contribution in [1.29, 1.82) is 0 Å². The van der Waals surface area contributed by atoms with Crippen molar-refractivity contribution in [3.05, 3.63) is 52.6 Å². The second kappa shape index (κ2) is 6.33. The summed E-state index contributed by atoms with van der Waals surface area (Å²) in [4.78, 5) is 37.2. The summed E-state index contributed by atoms with van der Waals surface area (Å²) in [6.07, 6.45) is 2.49. The zero-order valence-electron chi connectivity index (χ0n) is 10.8. The molecule has 0 saturated heterocycles. The number of aromatic nitrogens is 2. The van der Waals surface area contributed by atoms with Gasteiger partial charge in [0.2, 0.25) is 12.3 Å². The van der Waals surface area contributed by atoms with Gasteiger partial charge in [0.25, 0.3) is 0 Å². The molecule has 8 nitrogen and oxygen atoms in total. The van der Waals surface area contributed by atoms with E-state index in [0.29, 0.717) is 12.0 Å². The molecule has 1 amide bonds. The maximum atomic E-state index is 11.9. The summed E-state index contributed by atoms with van der Waals surface area (Å²) in [5, 5.41) is 12.7. The lowest BCUT2D eigenvalue weighted by molar-refractivity contribution is -0.114. The van der Waals surface area contributed by atoms with Crippen LogP contribution in [0, 0.1) is 0 Å². The number of H-pyrrole nitrogens is 1. The lowest BCUT2D eigenvalue weighted by Gasteiger charge is -2.09. The summed E-state index contributed by atoms with van der Waals surface area (Å²) in [5.74, 6) is -0.617. The van der Waals surface area contributed by atoms with E-state index in [0.717, 1.165) is 22.1 Å². The number of hydrogen-bond donors (Lipinski definition) is 2. The van der Waals surface area contributed by atoms with Crippen LogP contribution in [0.25, 0.3) is 0 Å². The number of nitrogens with one attached hydrogen (secondary N) is 1. The van der Waals surface area contributed by atoms with Crippen molar-refractivity contribution in [3.8, 4) is 5.88 Å². The van der Waals surface area contributed by atoms with Gasteiger partial charge in [0, 0.05) is 5.56 Å². The molecule has 0 atom stereocenters. The van der Waals surface area contributed by atoms with Crippen LogP contribution in [0.5, 0.6) is 5.88 Å². The van der Waals surface area contributed by atoms with Gasteiger partial charge in [-0.25, -0.2) is 4.79 Å². The van der Waals surface area contributed by atoms with E-state index in [9.17, 15) is 14.4 Å². The van der Waals surface area contributed by atoms with Gasteiger partial charge >= 0.3 is 5.69 Å². The molecule has 0 fully saturated rings. The van der Waals surface area contributed by atoms with Crippen LogP contribution in [0.15, 0.2) is 46.4 Å². The molecule has 8 heteroatoms. The standard InChI is InChI=1S/C13H12N4O4/c18-9-16(6-11(19)10-4-2-1-3-5-10)8-14-17-7-12(20)15-13(17)21/h1-5,7-9,20H,6H2,(H,15,21). The minimum absolute atomic E-state index is 0.206. The van der Waals surface area contributed by atoms with Gasteiger partial charge in [-0.1, -0.05) is 30.3 Å². The number of aromatic amines is 1. The minimum Gasteiger partial charge on any atom is -0.493 e. The number of rotatable bonds is 6. The lowest BCUT2D eigenvalue weighted by atomic mass is 10.1. The molecule has 21 heavy (non-hydrogen) atoms. The first-order chi connectivity index (χ1) is 10.1. The first kappa shape index (κ1) is 14.3. The Hall–Kier alpha value is -3.16. The van der Waals surface area contributed by atoms with Crippen LogP contribution in [-0.2, 0) is 4.79 Å². The highest BCUT2D eigenvalue weighted by Gasteiger charge is 2.09. The molecular formula is C13H12N4O4. The maximum Gasteiger partial charge on any atom is 0.349 e. The first-order valence-electron chi connectivity index (χ1n) is 5.94. The number of amides is 1. The van der Waals surface area contributed by atoms with Crippen molar-refractivity contribution in [2.75, 3.05) is 6.54 Å². The van der Waals surface area contributed by atoms with Crippen LogP contribution in [0.1, 0.15) is 10.4 Å². The zero-order chi connectivity index (χ0) is 15.2. The number of ketones is 1. The van der Waals surface area contributed by atoms with Crippen molar-refractivity contribution in [3.63, 3.8) is 0 Å². The van der Waals surface area contributed by atoms with Crippen molar-refractivity contribution >= 4 is 18.5 Å². The molecule has 0 radical (unpaired) electrons. The monoisotopic (exact) mass is 288 g/mol. The van der Waals surface area contributed by atoms with E-state index in [1.54, 1.807) is 30.3 Å². The Balaban J connectivity index is 2.07. The molecule has 1 aromatic carbocycles. The highest BCUT2D eigenvalue weighted by molar-refractivity contribution is 5.99. The topological polar surface area (TPSA) is 108 Å². The Morgan fingerprint density at radius 3 is 2.67 bits per heavy atom. The largest absolute Gasteiger partial charge is 0.493 e. The van der Waals surface area contributed by atoms with Gasteiger partial charge in [-0.15, -0.1) is 0 Å². The SMILES string of the molecule is O=CN(C=Nn1cc(O)[nH]c1=O)CC(=O)c1ccccc1. The number of hydrogen-bond acceptors (Lipinski definition) is 5. The molecular weight excluding hydrogens is 276 g/mol. The predicted molar refractivity (Wildman–Crippen MR) is 74.2 cm³/mol. The van der Waals surface area contributed by atoms with Gasteiger partial charge in [0.15, 0.2) is 5.78 Å². The number of imidazole rings is 1. The number of nitrogens with zero attached hydrogens (tertiary/aromatic N) is 3. The van der Waals surface area contributed by atoms with Crippen LogP contribution in [0.3, 0.4) is 0 Å². The predicted octanol–water partition coefficient (Wildman–Crippen LogP) is 0.0147. The van der Waals surface area contributed by atoms with E-state index in [-0.39, 0.29) is 18.2 Å². The van der Waals surface area contributed by atoms with Gasteiger partial charge in [0.05, 0.1) is 12.7 Å². The van der Waals surface area contributed by atoms with E-state index in [1.165, 1.54) is 0 Å². The maximum absolute atomic E-state index is 11.9. The Kier molecular flexibility index (Phi) is 4.30. The molecule has 1 aromatic heterocycles. The quantitative estimate of drug-likeness (QED) is 0.338. The van der Waals surface area contributed by atoms with Gasteiger partial charge in [0.1, 0.15) is 6.34 Å². The summed E-state index contributed by atoms with van der Waals surface area (Å²) >= 11 is 0. The minimum atomic E-state index is -0.663. The highest BCUT2D eigenvalue weighted by atomic mass is 16.3. The molecule has 108 valence electrons. The third-order valence-electron chi connectivity index (χ3n) is 2.57. The normalized spacial score (nSPS) is 10.7. The summed E-state index contributed by atoms with van der Waals surface area (Å²) in [6, 6.07) is 8.48. The number of carbonyl (C=O) groups excluding carboxylic acids is 2. The van der Waals surface area contributed by atoms with Crippen LogP contribution >= 0.6 is 0 Å². The van der Waals surface area contributed by atoms with E-state index in [2.05, 4.69) is 10.1 Å². The van der Waals surface area contributed by atoms with Crippen molar-refractivity contribution < 1.29 is 14.7 Å². The number of benzene rings is 1. The van der Waals surface area contributed by atoms with Gasteiger partial charge < -0.3 is 5.11 Å². The second-order valence-electron chi connectivity index (χ2n) is 4.09. The fourth-order valence-electron chi connectivity index (χ4n) is 1.57. The molecule has 0 unspecified atom stereocenters. The average molecular weight is 288 g/mol. The highest BCUT2D eigenvalue weighted by Crippen LogP contribution is 2.01. The molecule has 1 heterocycles. The third-order valence-corrected chi connectivity index (χ3v) is 2.57. The molecule has 0 aliphatic rings. The molecule has 0 saturated carbocycles. The Morgan fingerprint density at radius 1 is 1.38 bits per heavy atom. The number of carbonyl (C=O) groups is 2. The molecule has 2 N–H and O–H groups in total. The third kappa shape index (κ3) is 3.66. The van der Waals surface area contributed by atoms with Crippen molar-refractivity contribution in [1.82, 2.24) is 14.6 Å². The van der Waals surface area contributed by atoms with E-state index in [1.807, 2.05) is 0 Å². The van der Waals surface area contributed by atoms with Crippen molar-refractivity contribution in [2.45, 2.75) is 0 Å².